The van der Waals surface area contributed by atoms with E-state index in [1.54, 1.807) is 29.2 Å². The van der Waals surface area contributed by atoms with E-state index in [0.717, 1.165) is 5.56 Å². The maximum absolute atomic E-state index is 12.7. The molecule has 2 aromatic carbocycles. The molecule has 0 spiro atoms. The Balaban J connectivity index is 1.75. The van der Waals surface area contributed by atoms with Crippen molar-refractivity contribution in [2.75, 3.05) is 18.5 Å². The predicted octanol–water partition coefficient (Wildman–Crippen LogP) is 1.54. The summed E-state index contributed by atoms with van der Waals surface area (Å²) in [6.45, 7) is 0.396. The molecule has 1 fully saturated rings. The van der Waals surface area contributed by atoms with Gasteiger partial charge in [-0.1, -0.05) is 42.5 Å². The Hall–Kier alpha value is -2.70. The summed E-state index contributed by atoms with van der Waals surface area (Å²) in [4.78, 5) is 26.5. The minimum atomic E-state index is -0.695. The highest BCUT2D eigenvalue weighted by Crippen LogP contribution is 2.17. The smallest absolute Gasteiger partial charge is 0.249 e. The van der Waals surface area contributed by atoms with Crippen LogP contribution in [0.3, 0.4) is 0 Å². The number of morpholine rings is 1. The van der Waals surface area contributed by atoms with Gasteiger partial charge in [-0.2, -0.15) is 0 Å². The van der Waals surface area contributed by atoms with Crippen LogP contribution in [0.1, 0.15) is 11.1 Å². The number of ether oxygens (including phenoxy) is 1. The first-order valence-electron chi connectivity index (χ1n) is 8.09. The van der Waals surface area contributed by atoms with E-state index in [9.17, 15) is 14.7 Å². The fourth-order valence-electron chi connectivity index (χ4n) is 2.77. The molecule has 1 aliphatic heterocycles. The van der Waals surface area contributed by atoms with E-state index in [1.165, 1.54) is 0 Å². The first-order chi connectivity index (χ1) is 12.2. The summed E-state index contributed by atoms with van der Waals surface area (Å²) in [7, 11) is 0. The van der Waals surface area contributed by atoms with Crippen molar-refractivity contribution in [1.82, 2.24) is 4.90 Å². The second-order valence-electron chi connectivity index (χ2n) is 5.89. The minimum absolute atomic E-state index is 0.0173. The third kappa shape index (κ3) is 4.23. The van der Waals surface area contributed by atoms with E-state index < -0.39 is 6.04 Å². The van der Waals surface area contributed by atoms with E-state index in [4.69, 9.17) is 4.74 Å². The Labute approximate surface area is 146 Å². The highest BCUT2D eigenvalue weighted by atomic mass is 16.5. The van der Waals surface area contributed by atoms with Crippen LogP contribution in [0.2, 0.25) is 0 Å². The number of anilines is 1. The molecule has 1 atom stereocenters. The number of nitrogens with one attached hydrogen (secondary N) is 1. The van der Waals surface area contributed by atoms with Crippen LogP contribution in [0.4, 0.5) is 5.69 Å². The van der Waals surface area contributed by atoms with E-state index in [0.29, 0.717) is 17.8 Å². The zero-order valence-electron chi connectivity index (χ0n) is 13.7. The molecule has 2 amide bonds. The molecule has 1 aliphatic rings. The Morgan fingerprint density at radius 1 is 1.16 bits per heavy atom. The van der Waals surface area contributed by atoms with E-state index in [1.807, 2.05) is 30.3 Å². The lowest BCUT2D eigenvalue weighted by molar-refractivity contribution is -0.154. The van der Waals surface area contributed by atoms with Gasteiger partial charge in [0.1, 0.15) is 12.6 Å². The second-order valence-corrected chi connectivity index (χ2v) is 5.89. The van der Waals surface area contributed by atoms with Crippen LogP contribution >= 0.6 is 0 Å². The van der Waals surface area contributed by atoms with Gasteiger partial charge in [-0.05, 0) is 23.3 Å². The van der Waals surface area contributed by atoms with Crippen LogP contribution in [0.5, 0.6) is 0 Å². The molecule has 25 heavy (non-hydrogen) atoms. The van der Waals surface area contributed by atoms with Gasteiger partial charge in [-0.3, -0.25) is 9.59 Å². The molecule has 0 radical (unpaired) electrons. The fourth-order valence-corrected chi connectivity index (χ4v) is 2.77. The SMILES string of the molecule is O=C(Nc1cccc(CO)c1)[C@H]1COCC(=O)N1Cc1ccccc1. The van der Waals surface area contributed by atoms with Crippen molar-refractivity contribution < 1.29 is 19.4 Å². The molecule has 0 saturated carbocycles. The van der Waals surface area contributed by atoms with Gasteiger partial charge in [0.25, 0.3) is 0 Å². The molecule has 6 nitrogen and oxygen atoms in total. The number of aliphatic hydroxyl groups excluding tert-OH is 1. The number of nitrogens with zero attached hydrogens (tertiary/aromatic N) is 1. The summed E-state index contributed by atoms with van der Waals surface area (Å²) in [6, 6.07) is 15.8. The third-order valence-electron chi connectivity index (χ3n) is 4.07. The van der Waals surface area contributed by atoms with Crippen molar-refractivity contribution in [2.24, 2.45) is 0 Å². The summed E-state index contributed by atoms with van der Waals surface area (Å²) < 4.78 is 5.27. The molecule has 2 N–H and O–H groups in total. The number of rotatable bonds is 5. The Morgan fingerprint density at radius 3 is 2.68 bits per heavy atom. The summed E-state index contributed by atoms with van der Waals surface area (Å²) in [5, 5.41) is 12.0. The van der Waals surface area contributed by atoms with Crippen molar-refractivity contribution in [3.05, 3.63) is 65.7 Å². The maximum Gasteiger partial charge on any atom is 0.249 e. The molecule has 3 rings (SSSR count). The normalized spacial score (nSPS) is 17.4. The molecule has 1 heterocycles. The van der Waals surface area contributed by atoms with Crippen molar-refractivity contribution in [2.45, 2.75) is 19.2 Å². The van der Waals surface area contributed by atoms with E-state index in [2.05, 4.69) is 5.32 Å². The molecule has 0 aliphatic carbocycles. The zero-order chi connectivity index (χ0) is 17.6. The third-order valence-corrected chi connectivity index (χ3v) is 4.07. The zero-order valence-corrected chi connectivity index (χ0v) is 13.7. The topological polar surface area (TPSA) is 78.9 Å². The number of benzene rings is 2. The van der Waals surface area contributed by atoms with Crippen molar-refractivity contribution in [3.8, 4) is 0 Å². The standard InChI is InChI=1S/C19H20N2O4/c22-11-15-7-4-8-16(9-15)20-19(24)17-12-25-13-18(23)21(17)10-14-5-2-1-3-6-14/h1-9,17,22H,10-13H2,(H,20,24)/t17-/m1/s1. The number of hydrogen-bond acceptors (Lipinski definition) is 4. The summed E-state index contributed by atoms with van der Waals surface area (Å²) in [5.74, 6) is -0.515. The molecule has 0 unspecified atom stereocenters. The van der Waals surface area contributed by atoms with Crippen LogP contribution in [-0.2, 0) is 27.5 Å². The van der Waals surface area contributed by atoms with Gasteiger partial charge in [-0.15, -0.1) is 0 Å². The minimum Gasteiger partial charge on any atom is -0.392 e. The molecular weight excluding hydrogens is 320 g/mol. The van der Waals surface area contributed by atoms with Crippen LogP contribution in [0.15, 0.2) is 54.6 Å². The van der Waals surface area contributed by atoms with Gasteiger partial charge in [0.2, 0.25) is 11.8 Å². The average molecular weight is 340 g/mol. The van der Waals surface area contributed by atoms with Gasteiger partial charge < -0.3 is 20.1 Å². The van der Waals surface area contributed by atoms with Crippen molar-refractivity contribution >= 4 is 17.5 Å². The Morgan fingerprint density at radius 2 is 1.92 bits per heavy atom. The highest BCUT2D eigenvalue weighted by Gasteiger charge is 2.34. The first kappa shape index (κ1) is 17.1. The van der Waals surface area contributed by atoms with Gasteiger partial charge in [-0.25, -0.2) is 0 Å². The predicted molar refractivity (Wildman–Crippen MR) is 92.6 cm³/mol. The molecule has 0 bridgehead atoms. The number of carbonyl (C=O) groups is 2. The lowest BCUT2D eigenvalue weighted by atomic mass is 10.1. The first-order valence-corrected chi connectivity index (χ1v) is 8.09. The number of hydrogen-bond donors (Lipinski definition) is 2. The average Bonchev–Trinajstić information content (AvgIpc) is 2.64. The number of carbonyl (C=O) groups excluding carboxylic acids is 2. The number of amides is 2. The fraction of sp³-hybridized carbons (Fsp3) is 0.263. The maximum atomic E-state index is 12.7. The van der Waals surface area contributed by atoms with Crippen LogP contribution in [-0.4, -0.2) is 41.1 Å². The molecule has 2 aromatic rings. The summed E-state index contributed by atoms with van der Waals surface area (Å²) in [5.41, 5.74) is 2.24. The van der Waals surface area contributed by atoms with Crippen LogP contribution in [0, 0.1) is 0 Å². The Bertz CT molecular complexity index is 748. The molecule has 0 aromatic heterocycles. The molecule has 1 saturated heterocycles. The largest absolute Gasteiger partial charge is 0.392 e. The van der Waals surface area contributed by atoms with Crippen molar-refractivity contribution in [3.63, 3.8) is 0 Å². The summed E-state index contributed by atoms with van der Waals surface area (Å²) in [6.07, 6.45) is 0. The molecule has 130 valence electrons. The van der Waals surface area contributed by atoms with Gasteiger partial charge in [0.15, 0.2) is 0 Å². The van der Waals surface area contributed by atoms with Gasteiger partial charge in [0, 0.05) is 12.2 Å². The van der Waals surface area contributed by atoms with E-state index in [-0.39, 0.29) is 31.6 Å². The van der Waals surface area contributed by atoms with Gasteiger partial charge in [0.05, 0.1) is 13.2 Å². The molecule has 6 heteroatoms. The lowest BCUT2D eigenvalue weighted by Crippen LogP contribution is -2.54. The Kier molecular flexibility index (Phi) is 5.42. The van der Waals surface area contributed by atoms with Crippen molar-refractivity contribution in [1.29, 1.82) is 0 Å². The monoisotopic (exact) mass is 340 g/mol. The quantitative estimate of drug-likeness (QED) is 0.865. The molecular formula is C19H20N2O4. The highest BCUT2D eigenvalue weighted by molar-refractivity contribution is 5.98. The van der Waals surface area contributed by atoms with E-state index >= 15 is 0 Å². The second kappa shape index (κ2) is 7.92. The lowest BCUT2D eigenvalue weighted by Gasteiger charge is -2.34. The van der Waals surface area contributed by atoms with Crippen LogP contribution < -0.4 is 5.32 Å². The van der Waals surface area contributed by atoms with Gasteiger partial charge >= 0.3 is 0 Å². The van der Waals surface area contributed by atoms with Crippen LogP contribution in [0.25, 0.3) is 0 Å². The summed E-state index contributed by atoms with van der Waals surface area (Å²) >= 11 is 0. The number of aliphatic hydroxyl groups is 1.